The fourth-order valence-corrected chi connectivity index (χ4v) is 2.77. The van der Waals surface area contributed by atoms with Gasteiger partial charge in [-0.25, -0.2) is 0 Å². The highest BCUT2D eigenvalue weighted by molar-refractivity contribution is 8.00. The van der Waals surface area contributed by atoms with Crippen LogP contribution in [0.4, 0.5) is 0 Å². The molecule has 80 valence electrons. The van der Waals surface area contributed by atoms with Gasteiger partial charge in [-0.1, -0.05) is 0 Å². The molecule has 1 fully saturated rings. The van der Waals surface area contributed by atoms with E-state index in [1.165, 1.54) is 11.8 Å². The first-order valence-corrected chi connectivity index (χ1v) is 5.60. The third kappa shape index (κ3) is 3.49. The van der Waals surface area contributed by atoms with Crippen LogP contribution in [0.3, 0.4) is 0 Å². The summed E-state index contributed by atoms with van der Waals surface area (Å²) in [6.07, 6.45) is 1.11. The van der Waals surface area contributed by atoms with Crippen molar-refractivity contribution < 1.29 is 19.9 Å². The predicted octanol–water partition coefficient (Wildman–Crippen LogP) is -0.993. The third-order valence-corrected chi connectivity index (χ3v) is 3.55. The van der Waals surface area contributed by atoms with Gasteiger partial charge in [0.2, 0.25) is 0 Å². The van der Waals surface area contributed by atoms with Crippen LogP contribution in [0.15, 0.2) is 0 Å². The van der Waals surface area contributed by atoms with E-state index in [0.29, 0.717) is 5.75 Å². The largest absolute Gasteiger partial charge is 0.480 e. The second kappa shape index (κ2) is 5.60. The van der Waals surface area contributed by atoms with Crippen molar-refractivity contribution in [1.29, 1.82) is 0 Å². The average molecular weight is 219 g/mol. The first-order valence-electron chi connectivity index (χ1n) is 4.55. The van der Waals surface area contributed by atoms with Crippen LogP contribution in [0.2, 0.25) is 6.32 Å². The Balaban J connectivity index is 2.26. The number of hydrogen-bond donors (Lipinski definition) is 4. The van der Waals surface area contributed by atoms with E-state index in [2.05, 4.69) is 5.32 Å². The number of carbonyl (C=O) groups is 1. The summed E-state index contributed by atoms with van der Waals surface area (Å²) in [5.74, 6) is -0.252. The van der Waals surface area contributed by atoms with Crippen molar-refractivity contribution in [2.45, 2.75) is 24.0 Å². The zero-order valence-corrected chi connectivity index (χ0v) is 8.54. The number of carboxylic acid groups (broad SMARTS) is 1. The molecule has 7 heteroatoms. The van der Waals surface area contributed by atoms with Crippen LogP contribution < -0.4 is 5.32 Å². The average Bonchev–Trinajstić information content (AvgIpc) is 2.51. The molecule has 1 aliphatic heterocycles. The van der Waals surface area contributed by atoms with Crippen molar-refractivity contribution in [3.8, 4) is 0 Å². The van der Waals surface area contributed by atoms with E-state index < -0.39 is 19.1 Å². The zero-order chi connectivity index (χ0) is 10.6. The van der Waals surface area contributed by atoms with E-state index in [4.69, 9.17) is 15.2 Å². The molecule has 4 N–H and O–H groups in total. The van der Waals surface area contributed by atoms with E-state index >= 15 is 0 Å². The van der Waals surface area contributed by atoms with Gasteiger partial charge in [-0.2, -0.15) is 11.8 Å². The summed E-state index contributed by atoms with van der Waals surface area (Å²) in [4.78, 5) is 10.7. The molecule has 2 atom stereocenters. The maximum absolute atomic E-state index is 10.7. The highest BCUT2D eigenvalue weighted by Crippen LogP contribution is 2.23. The number of carboxylic acids is 1. The van der Waals surface area contributed by atoms with Gasteiger partial charge < -0.3 is 20.5 Å². The molecule has 0 aliphatic carbocycles. The molecule has 1 rings (SSSR count). The van der Waals surface area contributed by atoms with Crippen molar-refractivity contribution in [3.63, 3.8) is 0 Å². The van der Waals surface area contributed by atoms with Crippen LogP contribution in [-0.2, 0) is 4.79 Å². The lowest BCUT2D eigenvalue weighted by Crippen LogP contribution is -2.37. The van der Waals surface area contributed by atoms with Gasteiger partial charge >= 0.3 is 13.1 Å². The molecule has 0 amide bonds. The number of rotatable bonds is 5. The normalized spacial score (nSPS) is 26.4. The van der Waals surface area contributed by atoms with Crippen LogP contribution in [0.25, 0.3) is 0 Å². The lowest BCUT2D eigenvalue weighted by Gasteiger charge is -2.14. The van der Waals surface area contributed by atoms with E-state index in [0.717, 1.165) is 13.0 Å². The van der Waals surface area contributed by atoms with Crippen LogP contribution in [0.5, 0.6) is 0 Å². The molecule has 5 nitrogen and oxygen atoms in total. The molecule has 0 aromatic rings. The molecular formula is C7H14BNO4S. The van der Waals surface area contributed by atoms with Crippen LogP contribution in [0.1, 0.15) is 6.42 Å². The minimum absolute atomic E-state index is 0.0475. The third-order valence-electron chi connectivity index (χ3n) is 2.14. The molecule has 0 spiro atoms. The Kier molecular flexibility index (Phi) is 4.73. The maximum atomic E-state index is 10.7. The molecule has 1 saturated heterocycles. The minimum Gasteiger partial charge on any atom is -0.480 e. The van der Waals surface area contributed by atoms with Crippen LogP contribution in [-0.4, -0.2) is 51.8 Å². The van der Waals surface area contributed by atoms with Crippen molar-refractivity contribution in [2.75, 3.05) is 12.3 Å². The number of hydrogen-bond acceptors (Lipinski definition) is 5. The van der Waals surface area contributed by atoms with Crippen LogP contribution >= 0.6 is 11.8 Å². The van der Waals surface area contributed by atoms with Crippen molar-refractivity contribution in [2.24, 2.45) is 0 Å². The second-order valence-electron chi connectivity index (χ2n) is 3.24. The highest BCUT2D eigenvalue weighted by atomic mass is 32.2. The predicted molar refractivity (Wildman–Crippen MR) is 55.3 cm³/mol. The summed E-state index contributed by atoms with van der Waals surface area (Å²) < 4.78 is 0. The van der Waals surface area contributed by atoms with Gasteiger partial charge in [-0.3, -0.25) is 4.79 Å². The standard InChI is InChI=1S/C7H14BNO4S/c10-7(11)6-5(1-3-9-6)14-4-2-8(12)13/h5-6,9,12-13H,1-4H2,(H,10,11). The van der Waals surface area contributed by atoms with Crippen molar-refractivity contribution in [1.82, 2.24) is 5.32 Å². The lowest BCUT2D eigenvalue weighted by molar-refractivity contribution is -0.138. The van der Waals surface area contributed by atoms with Gasteiger partial charge in [0, 0.05) is 5.25 Å². The second-order valence-corrected chi connectivity index (χ2v) is 4.58. The summed E-state index contributed by atoms with van der Waals surface area (Å²) in [5, 5.41) is 29.0. The molecular weight excluding hydrogens is 205 g/mol. The molecule has 1 aliphatic rings. The Morgan fingerprint density at radius 2 is 2.29 bits per heavy atom. The highest BCUT2D eigenvalue weighted by Gasteiger charge is 2.32. The fraction of sp³-hybridized carbons (Fsp3) is 0.857. The molecule has 0 bridgehead atoms. The van der Waals surface area contributed by atoms with Gasteiger partial charge in [0.1, 0.15) is 6.04 Å². The van der Waals surface area contributed by atoms with E-state index in [1.807, 2.05) is 0 Å². The van der Waals surface area contributed by atoms with Crippen molar-refractivity contribution in [3.05, 3.63) is 0 Å². The summed E-state index contributed by atoms with van der Waals surface area (Å²) in [7, 11) is -1.29. The van der Waals surface area contributed by atoms with Gasteiger partial charge in [-0.15, -0.1) is 0 Å². The topological polar surface area (TPSA) is 89.8 Å². The maximum Gasteiger partial charge on any atom is 0.452 e. The monoisotopic (exact) mass is 219 g/mol. The SMILES string of the molecule is O=C(O)C1NCCC1SCCB(O)O. The van der Waals surface area contributed by atoms with Gasteiger partial charge in [0.05, 0.1) is 0 Å². The molecule has 2 unspecified atom stereocenters. The van der Waals surface area contributed by atoms with Gasteiger partial charge in [-0.05, 0) is 25.0 Å². The smallest absolute Gasteiger partial charge is 0.452 e. The first kappa shape index (κ1) is 11.8. The summed E-state index contributed by atoms with van der Waals surface area (Å²) >= 11 is 1.49. The molecule has 1 heterocycles. The summed E-state index contributed by atoms with van der Waals surface area (Å²) in [5.41, 5.74) is 0. The molecule has 14 heavy (non-hydrogen) atoms. The summed E-state index contributed by atoms with van der Waals surface area (Å²) in [6, 6.07) is -0.490. The van der Waals surface area contributed by atoms with E-state index in [-0.39, 0.29) is 11.6 Å². The first-order chi connectivity index (χ1) is 6.61. The Labute approximate surface area is 87.0 Å². The van der Waals surface area contributed by atoms with E-state index in [1.54, 1.807) is 0 Å². The Hall–Kier alpha value is -0.235. The Morgan fingerprint density at radius 1 is 1.57 bits per heavy atom. The Morgan fingerprint density at radius 3 is 2.86 bits per heavy atom. The zero-order valence-electron chi connectivity index (χ0n) is 7.72. The van der Waals surface area contributed by atoms with Gasteiger partial charge in [0.15, 0.2) is 0 Å². The Bertz CT molecular complexity index is 204. The molecule has 0 aromatic carbocycles. The quantitative estimate of drug-likeness (QED) is 0.444. The molecule has 0 radical (unpaired) electrons. The molecule has 0 aromatic heterocycles. The summed E-state index contributed by atoms with van der Waals surface area (Å²) in [6.45, 7) is 0.719. The van der Waals surface area contributed by atoms with Crippen LogP contribution in [0, 0.1) is 0 Å². The number of thioether (sulfide) groups is 1. The minimum atomic E-state index is -1.29. The van der Waals surface area contributed by atoms with Crippen molar-refractivity contribution >= 4 is 24.8 Å². The number of aliphatic carboxylic acids is 1. The number of nitrogens with one attached hydrogen (secondary N) is 1. The van der Waals surface area contributed by atoms with E-state index in [9.17, 15) is 4.79 Å². The molecule has 0 saturated carbocycles. The van der Waals surface area contributed by atoms with Gasteiger partial charge in [0.25, 0.3) is 0 Å². The lowest BCUT2D eigenvalue weighted by atomic mass is 9.88. The fourth-order valence-electron chi connectivity index (χ4n) is 1.43.